The second-order valence-electron chi connectivity index (χ2n) is 4.18. The first-order valence-corrected chi connectivity index (χ1v) is 6.59. The first-order valence-electron chi connectivity index (χ1n) is 5.71. The molecule has 86 valence electrons. The van der Waals surface area contributed by atoms with Crippen molar-refractivity contribution in [2.75, 3.05) is 18.4 Å². The summed E-state index contributed by atoms with van der Waals surface area (Å²) in [6.07, 6.45) is 0. The van der Waals surface area contributed by atoms with Gasteiger partial charge in [0.15, 0.2) is 0 Å². The fourth-order valence-electron chi connectivity index (χ4n) is 1.67. The third-order valence-corrected chi connectivity index (χ3v) is 3.44. The number of hydrogen-bond acceptors (Lipinski definition) is 3. The molecule has 0 unspecified atom stereocenters. The average Bonchev–Trinajstić information content (AvgIpc) is 2.68. The monoisotopic (exact) mass is 234 g/mol. The smallest absolute Gasteiger partial charge is 0.0529 e. The molecular formula is C13H18N2S. The van der Waals surface area contributed by atoms with Crippen LogP contribution in [0.2, 0.25) is 0 Å². The molecule has 0 spiro atoms. The van der Waals surface area contributed by atoms with Gasteiger partial charge in [0, 0.05) is 34.6 Å². The summed E-state index contributed by atoms with van der Waals surface area (Å²) in [5.41, 5.74) is 1.26. The van der Waals surface area contributed by atoms with Gasteiger partial charge in [0.05, 0.1) is 5.69 Å². The first kappa shape index (κ1) is 11.4. The zero-order chi connectivity index (χ0) is 11.4. The molecule has 2 N–H and O–H groups in total. The maximum absolute atomic E-state index is 3.47. The van der Waals surface area contributed by atoms with Crippen molar-refractivity contribution in [3.63, 3.8) is 0 Å². The molecule has 2 nitrogen and oxygen atoms in total. The fraction of sp³-hybridized carbons (Fsp3) is 0.385. The average molecular weight is 234 g/mol. The number of fused-ring (bicyclic) bond motifs is 1. The van der Waals surface area contributed by atoms with Gasteiger partial charge in [-0.2, -0.15) is 0 Å². The van der Waals surface area contributed by atoms with Crippen molar-refractivity contribution in [3.8, 4) is 0 Å². The molecule has 0 saturated carbocycles. The van der Waals surface area contributed by atoms with Gasteiger partial charge >= 0.3 is 0 Å². The fourth-order valence-corrected chi connectivity index (χ4v) is 2.59. The highest BCUT2D eigenvalue weighted by Crippen LogP contribution is 2.29. The molecule has 0 saturated heterocycles. The summed E-state index contributed by atoms with van der Waals surface area (Å²) in [6, 6.07) is 9.07. The molecule has 3 heteroatoms. The van der Waals surface area contributed by atoms with E-state index >= 15 is 0 Å². The van der Waals surface area contributed by atoms with Crippen LogP contribution in [0.1, 0.15) is 13.8 Å². The van der Waals surface area contributed by atoms with Gasteiger partial charge in [-0.1, -0.05) is 32.0 Å². The summed E-state index contributed by atoms with van der Waals surface area (Å²) in [6.45, 7) is 6.31. The van der Waals surface area contributed by atoms with Gasteiger partial charge in [-0.05, 0) is 6.07 Å². The molecule has 1 heterocycles. The van der Waals surface area contributed by atoms with E-state index in [1.165, 1.54) is 15.8 Å². The van der Waals surface area contributed by atoms with Crippen molar-refractivity contribution in [3.05, 3.63) is 29.6 Å². The van der Waals surface area contributed by atoms with Crippen LogP contribution in [0.3, 0.4) is 0 Å². The number of benzene rings is 1. The molecule has 0 atom stereocenters. The van der Waals surface area contributed by atoms with Gasteiger partial charge in [0.2, 0.25) is 0 Å². The van der Waals surface area contributed by atoms with E-state index in [1.54, 1.807) is 11.3 Å². The number of rotatable bonds is 5. The van der Waals surface area contributed by atoms with E-state index in [1.807, 2.05) is 0 Å². The number of anilines is 1. The van der Waals surface area contributed by atoms with E-state index in [-0.39, 0.29) is 0 Å². The molecule has 2 aromatic rings. The quantitative estimate of drug-likeness (QED) is 0.776. The largest absolute Gasteiger partial charge is 0.383 e. The Bertz CT molecular complexity index is 448. The van der Waals surface area contributed by atoms with Crippen LogP contribution < -0.4 is 10.6 Å². The molecule has 0 bridgehead atoms. The Morgan fingerprint density at radius 3 is 2.81 bits per heavy atom. The van der Waals surface area contributed by atoms with Crippen LogP contribution in [-0.2, 0) is 0 Å². The van der Waals surface area contributed by atoms with Crippen LogP contribution in [0.5, 0.6) is 0 Å². The van der Waals surface area contributed by atoms with Crippen molar-refractivity contribution in [2.45, 2.75) is 19.9 Å². The van der Waals surface area contributed by atoms with Crippen LogP contribution in [0, 0.1) is 0 Å². The maximum Gasteiger partial charge on any atom is 0.0529 e. The summed E-state index contributed by atoms with van der Waals surface area (Å²) in [5, 5.41) is 10.4. The standard InChI is InChI=1S/C13H18N2S/c1-10(2)14-7-8-15-12-9-16-13-6-4-3-5-11(12)13/h3-6,9-10,14-15H,7-8H2,1-2H3. The molecule has 0 aliphatic heterocycles. The van der Waals surface area contributed by atoms with Crippen LogP contribution >= 0.6 is 11.3 Å². The molecule has 16 heavy (non-hydrogen) atoms. The van der Waals surface area contributed by atoms with Crippen molar-refractivity contribution in [1.29, 1.82) is 0 Å². The van der Waals surface area contributed by atoms with Crippen molar-refractivity contribution in [1.82, 2.24) is 5.32 Å². The van der Waals surface area contributed by atoms with E-state index in [4.69, 9.17) is 0 Å². The van der Waals surface area contributed by atoms with E-state index < -0.39 is 0 Å². The highest BCUT2D eigenvalue weighted by molar-refractivity contribution is 7.17. The maximum atomic E-state index is 3.47. The normalized spacial score (nSPS) is 11.2. The molecule has 0 fully saturated rings. The molecule has 0 aliphatic rings. The summed E-state index contributed by atoms with van der Waals surface area (Å²) in [5.74, 6) is 0. The molecule has 2 rings (SSSR count). The lowest BCUT2D eigenvalue weighted by Crippen LogP contribution is -2.28. The lowest BCUT2D eigenvalue weighted by Gasteiger charge is -2.09. The Balaban J connectivity index is 1.94. The minimum atomic E-state index is 0.556. The van der Waals surface area contributed by atoms with Crippen LogP contribution in [0.15, 0.2) is 29.6 Å². The molecule has 1 aromatic carbocycles. The summed E-state index contributed by atoms with van der Waals surface area (Å²) < 4.78 is 1.35. The number of thiophene rings is 1. The minimum absolute atomic E-state index is 0.556. The number of nitrogens with one attached hydrogen (secondary N) is 2. The van der Waals surface area contributed by atoms with Gasteiger partial charge in [-0.25, -0.2) is 0 Å². The van der Waals surface area contributed by atoms with Crippen molar-refractivity contribution >= 4 is 27.1 Å². The van der Waals surface area contributed by atoms with Gasteiger partial charge in [0.1, 0.15) is 0 Å². The van der Waals surface area contributed by atoms with Crippen LogP contribution in [0.25, 0.3) is 10.1 Å². The summed E-state index contributed by atoms with van der Waals surface area (Å²) in [4.78, 5) is 0. The third kappa shape index (κ3) is 2.74. The van der Waals surface area contributed by atoms with Crippen LogP contribution in [-0.4, -0.2) is 19.1 Å². The van der Waals surface area contributed by atoms with Gasteiger partial charge in [0.25, 0.3) is 0 Å². The van der Waals surface area contributed by atoms with E-state index in [9.17, 15) is 0 Å². The van der Waals surface area contributed by atoms with Gasteiger partial charge in [-0.15, -0.1) is 11.3 Å². The van der Waals surface area contributed by atoms with Gasteiger partial charge in [-0.3, -0.25) is 0 Å². The molecular weight excluding hydrogens is 216 g/mol. The SMILES string of the molecule is CC(C)NCCNc1csc2ccccc12. The van der Waals surface area contributed by atoms with E-state index in [2.05, 4.69) is 54.1 Å². The third-order valence-electron chi connectivity index (χ3n) is 2.47. The van der Waals surface area contributed by atoms with Gasteiger partial charge < -0.3 is 10.6 Å². The molecule has 1 aromatic heterocycles. The lowest BCUT2D eigenvalue weighted by molar-refractivity contribution is 0.602. The Morgan fingerprint density at radius 2 is 2.00 bits per heavy atom. The van der Waals surface area contributed by atoms with E-state index in [0.29, 0.717) is 6.04 Å². The zero-order valence-electron chi connectivity index (χ0n) is 9.79. The summed E-state index contributed by atoms with van der Waals surface area (Å²) >= 11 is 1.80. The molecule has 0 radical (unpaired) electrons. The predicted octanol–water partition coefficient (Wildman–Crippen LogP) is 3.31. The van der Waals surface area contributed by atoms with E-state index in [0.717, 1.165) is 13.1 Å². The van der Waals surface area contributed by atoms with Crippen LogP contribution in [0.4, 0.5) is 5.69 Å². The topological polar surface area (TPSA) is 24.1 Å². The summed E-state index contributed by atoms with van der Waals surface area (Å²) in [7, 11) is 0. The molecule has 0 aliphatic carbocycles. The lowest BCUT2D eigenvalue weighted by atomic mass is 10.2. The second kappa shape index (κ2) is 5.32. The van der Waals surface area contributed by atoms with Crippen molar-refractivity contribution in [2.24, 2.45) is 0 Å². The highest BCUT2D eigenvalue weighted by Gasteiger charge is 2.01. The first-order chi connectivity index (χ1) is 7.77. The highest BCUT2D eigenvalue weighted by atomic mass is 32.1. The Morgan fingerprint density at radius 1 is 1.19 bits per heavy atom. The number of hydrogen-bond donors (Lipinski definition) is 2. The molecule has 0 amide bonds. The zero-order valence-corrected chi connectivity index (χ0v) is 10.6. The Hall–Kier alpha value is -1.06. The Labute approximate surface area is 101 Å². The second-order valence-corrected chi connectivity index (χ2v) is 5.09. The predicted molar refractivity (Wildman–Crippen MR) is 73.5 cm³/mol. The van der Waals surface area contributed by atoms with Crippen molar-refractivity contribution < 1.29 is 0 Å². The Kier molecular flexibility index (Phi) is 3.80. The minimum Gasteiger partial charge on any atom is -0.383 e.